The zero-order valence-corrected chi connectivity index (χ0v) is 22.0. The lowest BCUT2D eigenvalue weighted by molar-refractivity contribution is -0.384. The first-order valence-electron chi connectivity index (χ1n) is 11.7. The van der Waals surface area contributed by atoms with Crippen LogP contribution in [0.2, 0.25) is 0 Å². The number of aromatic nitrogens is 3. The van der Waals surface area contributed by atoms with Gasteiger partial charge < -0.3 is 15.2 Å². The Morgan fingerprint density at radius 3 is 2.49 bits per heavy atom. The van der Waals surface area contributed by atoms with Gasteiger partial charge in [-0.25, -0.2) is 0 Å². The monoisotopic (exact) mass is 522 g/mol. The summed E-state index contributed by atoms with van der Waals surface area (Å²) in [5.74, 6) is 0.0385. The van der Waals surface area contributed by atoms with Crippen LogP contribution in [0.5, 0.6) is 0 Å². The molecule has 0 aliphatic heterocycles. The molecule has 194 valence electrons. The van der Waals surface area contributed by atoms with E-state index in [4.69, 9.17) is 0 Å². The van der Waals surface area contributed by atoms with Crippen LogP contribution in [0.3, 0.4) is 0 Å². The molecule has 2 N–H and O–H groups in total. The van der Waals surface area contributed by atoms with Crippen LogP contribution in [0.1, 0.15) is 47.2 Å². The minimum atomic E-state index is -0.508. The lowest BCUT2D eigenvalue weighted by atomic mass is 10.0. The Kier molecular flexibility index (Phi) is 9.18. The number of nitrogens with one attached hydrogen (secondary N) is 2. The Labute approximate surface area is 219 Å². The molecule has 0 saturated carbocycles. The van der Waals surface area contributed by atoms with Gasteiger partial charge in [-0.15, -0.1) is 16.8 Å². The van der Waals surface area contributed by atoms with Crippen molar-refractivity contribution >= 4 is 35.0 Å². The van der Waals surface area contributed by atoms with Gasteiger partial charge in [-0.2, -0.15) is 0 Å². The minimum Gasteiger partial charge on any atom is -0.342 e. The van der Waals surface area contributed by atoms with E-state index < -0.39 is 11.0 Å². The molecule has 1 heterocycles. The lowest BCUT2D eigenvalue weighted by Crippen LogP contribution is -2.33. The third kappa shape index (κ3) is 7.04. The Balaban J connectivity index is 1.76. The molecular formula is C26H30N6O4S. The zero-order valence-electron chi connectivity index (χ0n) is 21.2. The third-order valence-corrected chi connectivity index (χ3v) is 6.61. The van der Waals surface area contributed by atoms with Crippen LogP contribution >= 0.6 is 11.8 Å². The fraction of sp³-hybridized carbons (Fsp3) is 0.308. The Hall–Kier alpha value is -3.99. The van der Waals surface area contributed by atoms with Crippen molar-refractivity contribution in [3.05, 3.63) is 87.7 Å². The highest BCUT2D eigenvalue weighted by Gasteiger charge is 2.26. The van der Waals surface area contributed by atoms with Crippen molar-refractivity contribution in [1.29, 1.82) is 0 Å². The number of anilines is 1. The number of nitro benzene ring substituents is 1. The number of aryl methyl sites for hydroxylation is 2. The normalized spacial score (nSPS) is 11.7. The second kappa shape index (κ2) is 12.3. The first kappa shape index (κ1) is 27.6. The number of thioether (sulfide) groups is 1. The number of amides is 2. The highest BCUT2D eigenvalue weighted by atomic mass is 32.2. The van der Waals surface area contributed by atoms with E-state index in [9.17, 15) is 19.7 Å². The van der Waals surface area contributed by atoms with Crippen LogP contribution in [0, 0.1) is 29.9 Å². The Bertz CT molecular complexity index is 1300. The summed E-state index contributed by atoms with van der Waals surface area (Å²) in [5.41, 5.74) is 2.61. The molecule has 10 nitrogen and oxygen atoms in total. The fourth-order valence-electron chi connectivity index (χ4n) is 3.57. The average Bonchev–Trinajstić information content (AvgIpc) is 3.24. The number of benzene rings is 2. The molecule has 1 atom stereocenters. The van der Waals surface area contributed by atoms with Gasteiger partial charge in [-0.1, -0.05) is 55.4 Å². The predicted octanol–water partition coefficient (Wildman–Crippen LogP) is 4.85. The summed E-state index contributed by atoms with van der Waals surface area (Å²) < 4.78 is 1.82. The number of rotatable bonds is 11. The fourth-order valence-corrected chi connectivity index (χ4v) is 4.33. The summed E-state index contributed by atoms with van der Waals surface area (Å²) in [5, 5.41) is 26.0. The standard InChI is InChI=1S/C26H30N6O4S/c1-6-13-31-24(23(16(2)3)28-25(34)19-10-7-17(4)8-11-19)29-30-26(31)37-15-22(33)27-21-14-20(32(35)36)12-9-18(21)5/h6-12,14,16,23H,1,13,15H2,2-5H3,(H,27,33)(H,28,34)/t23-/m0/s1. The van der Waals surface area contributed by atoms with E-state index in [-0.39, 0.29) is 29.2 Å². The molecule has 0 bridgehead atoms. The number of non-ortho nitro benzene ring substituents is 1. The molecule has 0 unspecified atom stereocenters. The number of allylic oxidation sites excluding steroid dienone is 1. The Morgan fingerprint density at radius 1 is 1.16 bits per heavy atom. The predicted molar refractivity (Wildman–Crippen MR) is 144 cm³/mol. The number of hydrogen-bond donors (Lipinski definition) is 2. The average molecular weight is 523 g/mol. The van der Waals surface area contributed by atoms with E-state index >= 15 is 0 Å². The third-order valence-electron chi connectivity index (χ3n) is 5.64. The summed E-state index contributed by atoms with van der Waals surface area (Å²) in [6.07, 6.45) is 1.70. The first-order chi connectivity index (χ1) is 17.6. The zero-order chi connectivity index (χ0) is 27.1. The minimum absolute atomic E-state index is 0.0134. The number of hydrogen-bond acceptors (Lipinski definition) is 7. The van der Waals surface area contributed by atoms with E-state index in [0.717, 1.165) is 5.56 Å². The number of nitrogens with zero attached hydrogens (tertiary/aromatic N) is 4. The second-order valence-electron chi connectivity index (χ2n) is 8.89. The number of nitro groups is 1. The number of carbonyl (C=O) groups excluding carboxylic acids is 2. The van der Waals surface area contributed by atoms with E-state index in [0.29, 0.717) is 34.3 Å². The second-order valence-corrected chi connectivity index (χ2v) is 9.84. The smallest absolute Gasteiger partial charge is 0.271 e. The Morgan fingerprint density at radius 2 is 1.86 bits per heavy atom. The van der Waals surface area contributed by atoms with Crippen LogP contribution in [0.25, 0.3) is 0 Å². The van der Waals surface area contributed by atoms with Gasteiger partial charge in [0.25, 0.3) is 11.6 Å². The maximum atomic E-state index is 12.9. The van der Waals surface area contributed by atoms with Gasteiger partial charge in [-0.05, 0) is 37.5 Å². The van der Waals surface area contributed by atoms with Gasteiger partial charge in [0.05, 0.1) is 22.4 Å². The van der Waals surface area contributed by atoms with Crippen LogP contribution in [0.15, 0.2) is 60.3 Å². The van der Waals surface area contributed by atoms with Crippen LogP contribution < -0.4 is 10.6 Å². The molecule has 3 rings (SSSR count). The summed E-state index contributed by atoms with van der Waals surface area (Å²) in [6.45, 7) is 11.9. The summed E-state index contributed by atoms with van der Waals surface area (Å²) in [4.78, 5) is 36.1. The van der Waals surface area contributed by atoms with Crippen molar-refractivity contribution in [2.45, 2.75) is 45.4 Å². The first-order valence-corrected chi connectivity index (χ1v) is 12.7. The SMILES string of the molecule is C=CCn1c(SCC(=O)Nc2cc([N+](=O)[O-])ccc2C)nnc1[C@@H](NC(=O)c1ccc(C)cc1)C(C)C. The van der Waals surface area contributed by atoms with Crippen molar-refractivity contribution in [1.82, 2.24) is 20.1 Å². The molecule has 0 spiro atoms. The maximum Gasteiger partial charge on any atom is 0.271 e. The van der Waals surface area contributed by atoms with Gasteiger partial charge in [0.15, 0.2) is 11.0 Å². The van der Waals surface area contributed by atoms with Gasteiger partial charge in [0.1, 0.15) is 0 Å². The molecule has 0 aliphatic carbocycles. The van der Waals surface area contributed by atoms with Crippen LogP contribution in [-0.4, -0.2) is 37.3 Å². The van der Waals surface area contributed by atoms with Gasteiger partial charge in [-0.3, -0.25) is 19.7 Å². The largest absolute Gasteiger partial charge is 0.342 e. The molecule has 2 amide bonds. The van der Waals surface area contributed by atoms with Crippen molar-refractivity contribution in [2.24, 2.45) is 5.92 Å². The van der Waals surface area contributed by atoms with Gasteiger partial charge in [0, 0.05) is 24.2 Å². The quantitative estimate of drug-likeness (QED) is 0.159. The highest BCUT2D eigenvalue weighted by molar-refractivity contribution is 7.99. The van der Waals surface area contributed by atoms with Crippen molar-refractivity contribution in [3.8, 4) is 0 Å². The molecular weight excluding hydrogens is 492 g/mol. The van der Waals surface area contributed by atoms with E-state index in [1.54, 1.807) is 31.2 Å². The van der Waals surface area contributed by atoms with Crippen LogP contribution in [0.4, 0.5) is 11.4 Å². The molecule has 1 aromatic heterocycles. The van der Waals surface area contributed by atoms with E-state index in [1.807, 2.05) is 37.5 Å². The van der Waals surface area contributed by atoms with Crippen LogP contribution in [-0.2, 0) is 11.3 Å². The van der Waals surface area contributed by atoms with Gasteiger partial charge >= 0.3 is 0 Å². The summed E-state index contributed by atoms with van der Waals surface area (Å²) >= 11 is 1.18. The maximum absolute atomic E-state index is 12.9. The van der Waals surface area contributed by atoms with Gasteiger partial charge in [0.2, 0.25) is 5.91 Å². The van der Waals surface area contributed by atoms with Crippen molar-refractivity contribution < 1.29 is 14.5 Å². The topological polar surface area (TPSA) is 132 Å². The molecule has 0 radical (unpaired) electrons. The summed E-state index contributed by atoms with van der Waals surface area (Å²) in [6, 6.07) is 11.2. The molecule has 2 aromatic carbocycles. The molecule has 0 saturated heterocycles. The van der Waals surface area contributed by atoms with Crippen molar-refractivity contribution in [3.63, 3.8) is 0 Å². The van der Waals surface area contributed by atoms with Crippen molar-refractivity contribution in [2.75, 3.05) is 11.1 Å². The molecule has 11 heteroatoms. The van der Waals surface area contributed by atoms with E-state index in [2.05, 4.69) is 27.4 Å². The highest BCUT2D eigenvalue weighted by Crippen LogP contribution is 2.27. The number of carbonyl (C=O) groups is 2. The molecule has 0 fully saturated rings. The lowest BCUT2D eigenvalue weighted by Gasteiger charge is -2.22. The summed E-state index contributed by atoms with van der Waals surface area (Å²) in [7, 11) is 0. The van der Waals surface area contributed by atoms with E-state index in [1.165, 1.54) is 23.9 Å². The molecule has 0 aliphatic rings. The molecule has 3 aromatic rings. The molecule has 37 heavy (non-hydrogen) atoms.